The lowest BCUT2D eigenvalue weighted by molar-refractivity contribution is -0.116. The Morgan fingerprint density at radius 3 is 2.48 bits per heavy atom. The van der Waals surface area contributed by atoms with Crippen LogP contribution in [0.3, 0.4) is 0 Å². The summed E-state index contributed by atoms with van der Waals surface area (Å²) in [6.45, 7) is -0.258. The highest BCUT2D eigenvalue weighted by Gasteiger charge is 2.31. The van der Waals surface area contributed by atoms with E-state index in [4.69, 9.17) is 9.47 Å². The lowest BCUT2D eigenvalue weighted by Crippen LogP contribution is -2.48. The van der Waals surface area contributed by atoms with Crippen LogP contribution in [0.5, 0.6) is 11.5 Å². The number of carbonyl (C=O) groups is 3. The van der Waals surface area contributed by atoms with Gasteiger partial charge < -0.3 is 25.2 Å². The Kier molecular flexibility index (Phi) is 11.3. The van der Waals surface area contributed by atoms with Gasteiger partial charge in [-0.05, 0) is 61.5 Å². The molecule has 0 aliphatic heterocycles. The van der Waals surface area contributed by atoms with Gasteiger partial charge in [0.05, 0.1) is 24.4 Å². The first-order valence-corrected chi connectivity index (χ1v) is 14.8. The van der Waals surface area contributed by atoms with Crippen LogP contribution < -0.4 is 25.4 Å². The zero-order valence-electron chi connectivity index (χ0n) is 24.7. The molecule has 3 aromatic rings. The number of halogens is 4. The molecule has 1 aliphatic carbocycles. The molecule has 0 saturated heterocycles. The molecule has 9 nitrogen and oxygen atoms in total. The van der Waals surface area contributed by atoms with Gasteiger partial charge in [0, 0.05) is 34.6 Å². The molecular formula is C32H31F4N3O6S. The van der Waals surface area contributed by atoms with Crippen molar-refractivity contribution in [2.45, 2.75) is 36.0 Å². The predicted octanol–water partition coefficient (Wildman–Crippen LogP) is 6.22. The van der Waals surface area contributed by atoms with Crippen LogP contribution in [0, 0.1) is 17.7 Å². The van der Waals surface area contributed by atoms with E-state index in [0.717, 1.165) is 6.07 Å². The number of nitrogens with one attached hydrogen (secondary N) is 3. The van der Waals surface area contributed by atoms with E-state index in [-0.39, 0.29) is 75.7 Å². The van der Waals surface area contributed by atoms with Gasteiger partial charge in [-0.15, -0.1) is 0 Å². The maximum atomic E-state index is 14.8. The quantitative estimate of drug-likeness (QED) is 0.0737. The minimum atomic E-state index is -4.44. The van der Waals surface area contributed by atoms with Crippen molar-refractivity contribution in [3.63, 3.8) is 0 Å². The first kappa shape index (κ1) is 34.3. The van der Waals surface area contributed by atoms with Crippen LogP contribution in [0.4, 0.5) is 23.2 Å². The first-order chi connectivity index (χ1) is 21.9. The zero-order valence-corrected chi connectivity index (χ0v) is 25.5. The number of carboxylic acid groups (broad SMARTS) is 1. The maximum absolute atomic E-state index is 14.8. The Morgan fingerprint density at radius 1 is 1.02 bits per heavy atom. The van der Waals surface area contributed by atoms with Crippen molar-refractivity contribution in [1.29, 1.82) is 0 Å². The Bertz CT molecular complexity index is 1620. The fraction of sp³-hybridized carbons (Fsp3) is 0.281. The average molecular weight is 662 g/mol. The van der Waals surface area contributed by atoms with E-state index in [1.165, 1.54) is 49.6 Å². The highest BCUT2D eigenvalue weighted by atomic mass is 32.2. The Hall–Kier alpha value is -4.56. The number of aromatic carboxylic acids is 1. The zero-order chi connectivity index (χ0) is 33.4. The van der Waals surface area contributed by atoms with Crippen molar-refractivity contribution in [3.8, 4) is 11.5 Å². The lowest BCUT2D eigenvalue weighted by atomic mass is 9.97. The summed E-state index contributed by atoms with van der Waals surface area (Å²) >= 11 is -0.266. The van der Waals surface area contributed by atoms with Gasteiger partial charge in [-0.2, -0.15) is 13.2 Å². The number of rotatable bonds is 13. The van der Waals surface area contributed by atoms with Crippen molar-refractivity contribution in [1.82, 2.24) is 10.6 Å². The highest BCUT2D eigenvalue weighted by molar-refractivity contribution is 8.00. The average Bonchev–Trinajstić information content (AvgIpc) is 3.46. The second kappa shape index (κ2) is 15.1. The number of thioether (sulfide) groups is 1. The minimum Gasteiger partial charge on any atom is -0.496 e. The Labute approximate surface area is 266 Å². The van der Waals surface area contributed by atoms with Crippen LogP contribution in [0.15, 0.2) is 77.7 Å². The normalized spacial score (nSPS) is 16.5. The topological polar surface area (TPSA) is 126 Å². The second-order valence-corrected chi connectivity index (χ2v) is 11.5. The molecule has 0 heterocycles. The van der Waals surface area contributed by atoms with Gasteiger partial charge in [0.1, 0.15) is 12.4 Å². The largest absolute Gasteiger partial charge is 0.496 e. The summed E-state index contributed by atoms with van der Waals surface area (Å²) in [5.74, 6) is -3.68. The fourth-order valence-electron chi connectivity index (χ4n) is 5.04. The summed E-state index contributed by atoms with van der Waals surface area (Å²) in [5.41, 5.74) is -3.90. The number of allylic oxidation sites excluding steroid dienone is 1. The summed E-state index contributed by atoms with van der Waals surface area (Å²) in [7, 11) is 2.92. The standard InChI is InChI=1S/C32H31F4N3O6S/c1-37-29(19-11-10-18(12-19)13-28(40)38-21-7-5-8-22(14-21)46-32(34,35)36)39-30(41)24-15-27(25(33)16-26(24)44-2)45-17-20-6-3-4-9-23(20)31(42)43/h3-11,14-16,18-19,29,37H,12-13,17H2,1-2H3,(H,38,40)(H,39,41)(H,42,43). The van der Waals surface area contributed by atoms with Crippen LogP contribution in [-0.4, -0.2) is 48.7 Å². The van der Waals surface area contributed by atoms with Crippen LogP contribution in [0.25, 0.3) is 0 Å². The molecule has 4 rings (SSSR count). The molecule has 4 N–H and O–H groups in total. The van der Waals surface area contributed by atoms with Gasteiger partial charge in [0.15, 0.2) is 11.6 Å². The summed E-state index contributed by atoms with van der Waals surface area (Å²) < 4.78 is 63.7. The van der Waals surface area contributed by atoms with E-state index >= 15 is 0 Å². The monoisotopic (exact) mass is 661 g/mol. The number of alkyl halides is 3. The van der Waals surface area contributed by atoms with Crippen molar-refractivity contribution in [3.05, 3.63) is 95.3 Å². The van der Waals surface area contributed by atoms with Gasteiger partial charge >= 0.3 is 11.5 Å². The van der Waals surface area contributed by atoms with Crippen molar-refractivity contribution < 1.29 is 46.5 Å². The number of carbonyl (C=O) groups excluding carboxylic acids is 2. The number of ether oxygens (including phenoxy) is 2. The maximum Gasteiger partial charge on any atom is 0.446 e. The van der Waals surface area contributed by atoms with Crippen molar-refractivity contribution in [2.24, 2.45) is 11.8 Å². The van der Waals surface area contributed by atoms with E-state index in [9.17, 15) is 37.1 Å². The van der Waals surface area contributed by atoms with Gasteiger partial charge in [-0.25, -0.2) is 9.18 Å². The fourth-order valence-corrected chi connectivity index (χ4v) is 5.64. The molecule has 244 valence electrons. The van der Waals surface area contributed by atoms with Gasteiger partial charge in [0.2, 0.25) is 5.91 Å². The third-order valence-electron chi connectivity index (χ3n) is 7.16. The Balaban J connectivity index is 1.37. The molecule has 3 atom stereocenters. The van der Waals surface area contributed by atoms with E-state index in [1.54, 1.807) is 19.2 Å². The van der Waals surface area contributed by atoms with Crippen molar-refractivity contribution in [2.75, 3.05) is 19.5 Å². The Morgan fingerprint density at radius 2 is 1.78 bits per heavy atom. The molecule has 0 bridgehead atoms. The molecule has 0 aromatic heterocycles. The van der Waals surface area contributed by atoms with Crippen LogP contribution in [0.2, 0.25) is 0 Å². The molecule has 1 aliphatic rings. The summed E-state index contributed by atoms with van der Waals surface area (Å²) in [4.78, 5) is 37.5. The molecule has 2 amide bonds. The molecule has 0 saturated carbocycles. The van der Waals surface area contributed by atoms with Gasteiger partial charge in [-0.1, -0.05) is 36.4 Å². The van der Waals surface area contributed by atoms with Crippen LogP contribution >= 0.6 is 11.8 Å². The summed E-state index contributed by atoms with van der Waals surface area (Å²) in [5, 5.41) is 17.9. The van der Waals surface area contributed by atoms with Crippen molar-refractivity contribution >= 4 is 35.2 Å². The highest BCUT2D eigenvalue weighted by Crippen LogP contribution is 2.38. The third-order valence-corrected chi connectivity index (χ3v) is 7.88. The lowest BCUT2D eigenvalue weighted by Gasteiger charge is -2.25. The van der Waals surface area contributed by atoms with E-state index in [1.807, 2.05) is 12.2 Å². The molecule has 46 heavy (non-hydrogen) atoms. The number of hydrogen-bond acceptors (Lipinski definition) is 7. The van der Waals surface area contributed by atoms with E-state index < -0.39 is 29.4 Å². The van der Waals surface area contributed by atoms with Gasteiger partial charge in [0.25, 0.3) is 5.91 Å². The second-order valence-electron chi connectivity index (χ2n) is 10.3. The SMILES string of the molecule is CNC(NC(=O)c1cc(OCc2ccccc2C(=O)O)c(F)cc1OC)C1C=CC(CC(=O)Nc2cccc(SC(F)(F)F)c2)C1. The smallest absolute Gasteiger partial charge is 0.446 e. The van der Waals surface area contributed by atoms with Crippen LogP contribution in [0.1, 0.15) is 39.1 Å². The van der Waals surface area contributed by atoms with Crippen LogP contribution in [-0.2, 0) is 11.4 Å². The molecule has 3 aromatic carbocycles. The molecule has 0 radical (unpaired) electrons. The third kappa shape index (κ3) is 9.23. The molecule has 0 fully saturated rings. The number of hydrogen-bond donors (Lipinski definition) is 4. The number of benzene rings is 3. The van der Waals surface area contributed by atoms with E-state index in [0.29, 0.717) is 12.0 Å². The molecule has 14 heteroatoms. The summed E-state index contributed by atoms with van der Waals surface area (Å²) in [6.07, 6.45) is 3.67. The number of methoxy groups -OCH3 is 1. The number of carboxylic acids is 1. The number of amides is 2. The minimum absolute atomic E-state index is 0.000823. The predicted molar refractivity (Wildman–Crippen MR) is 163 cm³/mol. The van der Waals surface area contributed by atoms with E-state index in [2.05, 4.69) is 16.0 Å². The molecular weight excluding hydrogens is 630 g/mol. The molecule has 0 spiro atoms. The molecule has 3 unspecified atom stereocenters. The van der Waals surface area contributed by atoms with Gasteiger partial charge in [-0.3, -0.25) is 14.9 Å². The first-order valence-electron chi connectivity index (χ1n) is 14.0. The number of anilines is 1. The summed E-state index contributed by atoms with van der Waals surface area (Å²) in [6, 6.07) is 13.8.